The summed E-state index contributed by atoms with van der Waals surface area (Å²) < 4.78 is 0. The van der Waals surface area contributed by atoms with E-state index in [0.29, 0.717) is 5.75 Å². The molecule has 1 N–H and O–H groups in total. The van der Waals surface area contributed by atoms with Crippen molar-refractivity contribution >= 4 is 15.9 Å². The third-order valence-corrected chi connectivity index (χ3v) is 1.03. The molecule has 0 aliphatic rings. The van der Waals surface area contributed by atoms with E-state index in [2.05, 4.69) is 15.9 Å². The maximum Gasteiger partial charge on any atom is 0.115 e. The van der Waals surface area contributed by atoms with Crippen LogP contribution in [0.1, 0.15) is 5.56 Å². The van der Waals surface area contributed by atoms with E-state index in [1.165, 1.54) is 5.56 Å². The van der Waals surface area contributed by atoms with Gasteiger partial charge in [-0.1, -0.05) is 33.6 Å². The molecule has 0 aromatic heterocycles. The Morgan fingerprint density at radius 1 is 1.10 bits per heavy atom. The number of aryl methyl sites for hydroxylation is 1. The molecule has 1 rings (SSSR count). The third-order valence-electron chi connectivity index (χ3n) is 1.03. The zero-order valence-corrected chi connectivity index (χ0v) is 7.72. The van der Waals surface area contributed by atoms with E-state index in [9.17, 15) is 0 Å². The van der Waals surface area contributed by atoms with E-state index in [1.807, 2.05) is 24.9 Å². The van der Waals surface area contributed by atoms with Crippen LogP contribution in [0.4, 0.5) is 0 Å². The molecular formula is C8H11BrO. The van der Waals surface area contributed by atoms with Crippen molar-refractivity contribution in [2.45, 2.75) is 6.92 Å². The fourth-order valence-electron chi connectivity index (χ4n) is 0.545. The molecule has 1 aromatic carbocycles. The lowest BCUT2D eigenvalue weighted by Gasteiger charge is -1.89. The lowest BCUT2D eigenvalue weighted by atomic mass is 10.2. The summed E-state index contributed by atoms with van der Waals surface area (Å²) in [6.07, 6.45) is 0. The van der Waals surface area contributed by atoms with Crippen molar-refractivity contribution in [3.05, 3.63) is 29.8 Å². The molecule has 0 heterocycles. The van der Waals surface area contributed by atoms with Gasteiger partial charge in [0.25, 0.3) is 0 Å². The summed E-state index contributed by atoms with van der Waals surface area (Å²) >= 11 is 2.94. The maximum absolute atomic E-state index is 8.76. The Bertz CT molecular complexity index is 148. The van der Waals surface area contributed by atoms with Crippen LogP contribution in [0, 0.1) is 6.92 Å². The summed E-state index contributed by atoms with van der Waals surface area (Å²) in [6.45, 7) is 1.99. The predicted octanol–water partition coefficient (Wildman–Crippen LogP) is 2.71. The van der Waals surface area contributed by atoms with Gasteiger partial charge < -0.3 is 5.11 Å². The van der Waals surface area contributed by atoms with Crippen LogP contribution in [0.5, 0.6) is 5.75 Å². The predicted molar refractivity (Wildman–Crippen MR) is 47.7 cm³/mol. The SMILES string of the molecule is CBr.Cc1ccc(O)cc1. The van der Waals surface area contributed by atoms with Crippen LogP contribution in [0.15, 0.2) is 24.3 Å². The largest absolute Gasteiger partial charge is 0.508 e. The van der Waals surface area contributed by atoms with Crippen LogP contribution in [0.2, 0.25) is 0 Å². The molecule has 10 heavy (non-hydrogen) atoms. The Kier molecular flexibility index (Phi) is 5.03. The van der Waals surface area contributed by atoms with Crippen molar-refractivity contribution in [3.63, 3.8) is 0 Å². The number of hydrogen-bond acceptors (Lipinski definition) is 1. The van der Waals surface area contributed by atoms with E-state index in [0.717, 1.165) is 0 Å². The Labute approximate surface area is 69.8 Å². The average Bonchev–Trinajstić information content (AvgIpc) is 2.00. The first kappa shape index (κ1) is 9.50. The maximum atomic E-state index is 8.76. The summed E-state index contributed by atoms with van der Waals surface area (Å²) in [4.78, 5) is 0. The van der Waals surface area contributed by atoms with E-state index in [-0.39, 0.29) is 0 Å². The second-order valence-corrected chi connectivity index (χ2v) is 1.84. The lowest BCUT2D eigenvalue weighted by molar-refractivity contribution is 0.475. The van der Waals surface area contributed by atoms with E-state index in [4.69, 9.17) is 5.11 Å². The zero-order chi connectivity index (χ0) is 7.98. The molecule has 0 aliphatic carbocycles. The molecule has 2 heteroatoms. The van der Waals surface area contributed by atoms with Crippen LogP contribution in [0.25, 0.3) is 0 Å². The Hall–Kier alpha value is -0.500. The number of phenols is 1. The molecule has 0 saturated carbocycles. The van der Waals surface area contributed by atoms with Crippen molar-refractivity contribution in [2.24, 2.45) is 0 Å². The van der Waals surface area contributed by atoms with E-state index < -0.39 is 0 Å². The first-order valence-electron chi connectivity index (χ1n) is 2.92. The molecule has 0 saturated heterocycles. The van der Waals surface area contributed by atoms with Crippen LogP contribution in [-0.2, 0) is 0 Å². The summed E-state index contributed by atoms with van der Waals surface area (Å²) in [7, 11) is 0. The number of rotatable bonds is 0. The molecule has 0 amide bonds. The number of halogens is 1. The van der Waals surface area contributed by atoms with Gasteiger partial charge in [0.1, 0.15) is 5.75 Å². The van der Waals surface area contributed by atoms with Crippen molar-refractivity contribution in [2.75, 3.05) is 5.83 Å². The molecular weight excluding hydrogens is 192 g/mol. The van der Waals surface area contributed by atoms with Crippen LogP contribution >= 0.6 is 15.9 Å². The highest BCUT2D eigenvalue weighted by Gasteiger charge is 1.82. The highest BCUT2D eigenvalue weighted by Crippen LogP contribution is 2.07. The van der Waals surface area contributed by atoms with Crippen LogP contribution in [0.3, 0.4) is 0 Å². The van der Waals surface area contributed by atoms with E-state index in [1.54, 1.807) is 12.1 Å². The minimum atomic E-state index is 0.329. The van der Waals surface area contributed by atoms with Crippen molar-refractivity contribution in [3.8, 4) is 5.75 Å². The first-order valence-corrected chi connectivity index (χ1v) is 4.51. The molecule has 1 aromatic rings. The zero-order valence-electron chi connectivity index (χ0n) is 6.13. The minimum Gasteiger partial charge on any atom is -0.508 e. The fraction of sp³-hybridized carbons (Fsp3) is 0.250. The molecule has 1 nitrogen and oxygen atoms in total. The van der Waals surface area contributed by atoms with Crippen molar-refractivity contribution in [1.29, 1.82) is 0 Å². The minimum absolute atomic E-state index is 0.329. The number of benzene rings is 1. The van der Waals surface area contributed by atoms with Gasteiger partial charge in [0.05, 0.1) is 0 Å². The quantitative estimate of drug-likeness (QED) is 0.642. The Morgan fingerprint density at radius 3 is 1.80 bits per heavy atom. The number of alkyl halides is 1. The van der Waals surface area contributed by atoms with Crippen LogP contribution < -0.4 is 0 Å². The first-order chi connectivity index (χ1) is 4.79. The molecule has 0 spiro atoms. The average molecular weight is 203 g/mol. The highest BCUT2D eigenvalue weighted by atomic mass is 79.9. The molecule has 0 atom stereocenters. The van der Waals surface area contributed by atoms with Gasteiger partial charge in [0.2, 0.25) is 0 Å². The molecule has 0 fully saturated rings. The molecule has 0 unspecified atom stereocenters. The second kappa shape index (κ2) is 5.30. The lowest BCUT2D eigenvalue weighted by Crippen LogP contribution is -1.66. The van der Waals surface area contributed by atoms with Gasteiger partial charge in [-0.2, -0.15) is 0 Å². The van der Waals surface area contributed by atoms with Crippen LogP contribution in [-0.4, -0.2) is 10.9 Å². The standard InChI is InChI=1S/C7H8O.CH3Br/c1-6-2-4-7(8)5-3-6;1-2/h2-5,8H,1H3;1H3. The van der Waals surface area contributed by atoms with Gasteiger partial charge in [-0.15, -0.1) is 0 Å². The molecule has 0 bridgehead atoms. The summed E-state index contributed by atoms with van der Waals surface area (Å²) in [6, 6.07) is 7.09. The smallest absolute Gasteiger partial charge is 0.115 e. The monoisotopic (exact) mass is 202 g/mol. The Morgan fingerprint density at radius 2 is 1.50 bits per heavy atom. The van der Waals surface area contributed by atoms with Gasteiger partial charge >= 0.3 is 0 Å². The number of aromatic hydroxyl groups is 1. The van der Waals surface area contributed by atoms with Gasteiger partial charge in [-0.05, 0) is 24.9 Å². The highest BCUT2D eigenvalue weighted by molar-refractivity contribution is 9.08. The Balaban J connectivity index is 0.000000371. The van der Waals surface area contributed by atoms with E-state index >= 15 is 0 Å². The third kappa shape index (κ3) is 3.51. The molecule has 56 valence electrons. The molecule has 0 radical (unpaired) electrons. The number of phenolic OH excluding ortho intramolecular Hbond substituents is 1. The second-order valence-electron chi connectivity index (χ2n) is 1.84. The summed E-state index contributed by atoms with van der Waals surface area (Å²) in [5.74, 6) is 2.14. The fourth-order valence-corrected chi connectivity index (χ4v) is 0.545. The number of hydrogen-bond donors (Lipinski definition) is 1. The van der Waals surface area contributed by atoms with Gasteiger partial charge in [-0.25, -0.2) is 0 Å². The van der Waals surface area contributed by atoms with Gasteiger partial charge in [-0.3, -0.25) is 0 Å². The van der Waals surface area contributed by atoms with Gasteiger partial charge in [0.15, 0.2) is 0 Å². The normalized spacial score (nSPS) is 7.90. The van der Waals surface area contributed by atoms with Crippen molar-refractivity contribution < 1.29 is 5.11 Å². The summed E-state index contributed by atoms with van der Waals surface area (Å²) in [5, 5.41) is 8.76. The summed E-state index contributed by atoms with van der Waals surface area (Å²) in [5.41, 5.74) is 1.17. The molecule has 0 aliphatic heterocycles. The topological polar surface area (TPSA) is 20.2 Å². The van der Waals surface area contributed by atoms with Crippen molar-refractivity contribution in [1.82, 2.24) is 0 Å². The van der Waals surface area contributed by atoms with Gasteiger partial charge in [0, 0.05) is 0 Å².